The van der Waals surface area contributed by atoms with Crippen LogP contribution in [-0.2, 0) is 18.8 Å². The summed E-state index contributed by atoms with van der Waals surface area (Å²) < 4.78 is 83.1. The second-order valence-corrected chi connectivity index (χ2v) is 9.44. The van der Waals surface area contributed by atoms with Gasteiger partial charge in [0.15, 0.2) is 0 Å². The lowest BCUT2D eigenvalue weighted by Crippen LogP contribution is -2.38. The van der Waals surface area contributed by atoms with Gasteiger partial charge in [0.05, 0.1) is 11.1 Å². The van der Waals surface area contributed by atoms with E-state index in [9.17, 15) is 31.1 Å². The van der Waals surface area contributed by atoms with Crippen LogP contribution in [0.25, 0.3) is 0 Å². The molecule has 13 heteroatoms. The van der Waals surface area contributed by atoms with Crippen LogP contribution in [0.15, 0.2) is 42.5 Å². The molecule has 0 aliphatic carbocycles. The normalized spacial score (nSPS) is 15.0. The molecule has 1 N–H and O–H groups in total. The molecule has 4 rings (SSSR count). The predicted molar refractivity (Wildman–Crippen MR) is 128 cm³/mol. The number of benzene rings is 2. The summed E-state index contributed by atoms with van der Waals surface area (Å²) in [4.78, 5) is 20.7. The topological polar surface area (TPSA) is 61.4 Å². The first-order valence-corrected chi connectivity index (χ1v) is 12.1. The third kappa shape index (κ3) is 6.90. The van der Waals surface area contributed by atoms with Gasteiger partial charge in [0, 0.05) is 49.8 Å². The van der Waals surface area contributed by atoms with Crippen LogP contribution in [0, 0.1) is 6.92 Å². The third-order valence-electron chi connectivity index (χ3n) is 5.83. The van der Waals surface area contributed by atoms with Crippen molar-refractivity contribution in [3.8, 4) is 0 Å². The molecule has 198 valence electrons. The molecular weight excluding hydrogens is 520 g/mol. The van der Waals surface area contributed by atoms with Crippen LogP contribution < -0.4 is 10.2 Å². The maximum absolute atomic E-state index is 13.1. The second kappa shape index (κ2) is 10.6. The van der Waals surface area contributed by atoms with Gasteiger partial charge in [-0.2, -0.15) is 30.7 Å². The van der Waals surface area contributed by atoms with Crippen molar-refractivity contribution in [1.82, 2.24) is 14.3 Å². The summed E-state index contributed by atoms with van der Waals surface area (Å²) in [7, 11) is 0. The highest BCUT2D eigenvalue weighted by Gasteiger charge is 2.37. The van der Waals surface area contributed by atoms with Gasteiger partial charge in [0.2, 0.25) is 5.13 Å². The van der Waals surface area contributed by atoms with Crippen molar-refractivity contribution in [3.05, 3.63) is 70.5 Å². The fourth-order valence-corrected chi connectivity index (χ4v) is 4.61. The van der Waals surface area contributed by atoms with Gasteiger partial charge in [0.1, 0.15) is 5.82 Å². The quantitative estimate of drug-likeness (QED) is 0.397. The van der Waals surface area contributed by atoms with E-state index in [2.05, 4.69) is 14.7 Å². The summed E-state index contributed by atoms with van der Waals surface area (Å²) in [5.41, 5.74) is -1.31. The highest BCUT2D eigenvalue weighted by atomic mass is 32.1. The Morgan fingerprint density at radius 1 is 0.946 bits per heavy atom. The molecule has 0 spiro atoms. The van der Waals surface area contributed by atoms with Gasteiger partial charge in [0.25, 0.3) is 0 Å². The van der Waals surface area contributed by atoms with Crippen molar-refractivity contribution in [3.63, 3.8) is 0 Å². The van der Waals surface area contributed by atoms with E-state index in [-0.39, 0.29) is 19.2 Å². The zero-order valence-corrected chi connectivity index (χ0v) is 20.5. The number of nitrogens with one attached hydrogen (secondary N) is 1. The molecule has 0 saturated carbocycles. The fourth-order valence-electron chi connectivity index (χ4n) is 3.87. The Morgan fingerprint density at radius 3 is 2.22 bits per heavy atom. The predicted octanol–water partition coefficient (Wildman–Crippen LogP) is 6.22. The summed E-state index contributed by atoms with van der Waals surface area (Å²) in [5, 5.41) is 2.89. The standard InChI is InChI=1S/C24H23F6N5OS/c1-15-3-5-16(6-4-15)11-20-32-22(37-33-20)35-8-2-7-34(9-10-35)21(36)31-19-13-17(23(25,26)27)12-18(14-19)24(28,29)30/h3-6,12-14H,2,7-11H2,1H3,(H,31,36). The van der Waals surface area contributed by atoms with Gasteiger partial charge < -0.3 is 15.1 Å². The second-order valence-electron chi connectivity index (χ2n) is 8.71. The Hall–Kier alpha value is -3.35. The lowest BCUT2D eigenvalue weighted by molar-refractivity contribution is -0.143. The van der Waals surface area contributed by atoms with Crippen LogP contribution >= 0.6 is 11.5 Å². The molecule has 2 heterocycles. The van der Waals surface area contributed by atoms with E-state index in [0.717, 1.165) is 11.1 Å². The Balaban J connectivity index is 1.40. The summed E-state index contributed by atoms with van der Waals surface area (Å²) >= 11 is 1.24. The molecule has 1 saturated heterocycles. The van der Waals surface area contributed by atoms with Crippen molar-refractivity contribution in [1.29, 1.82) is 0 Å². The summed E-state index contributed by atoms with van der Waals surface area (Å²) in [6, 6.07) is 8.30. The zero-order chi connectivity index (χ0) is 26.8. The third-order valence-corrected chi connectivity index (χ3v) is 6.65. The minimum absolute atomic E-state index is 0.0224. The highest BCUT2D eigenvalue weighted by molar-refractivity contribution is 7.09. The van der Waals surface area contributed by atoms with Gasteiger partial charge in [-0.15, -0.1) is 0 Å². The van der Waals surface area contributed by atoms with E-state index in [1.165, 1.54) is 16.4 Å². The van der Waals surface area contributed by atoms with E-state index in [1.54, 1.807) is 0 Å². The molecule has 2 aromatic carbocycles. The Labute approximate surface area is 213 Å². The number of amides is 2. The van der Waals surface area contributed by atoms with E-state index >= 15 is 0 Å². The average Bonchev–Trinajstić information content (AvgIpc) is 3.13. The number of nitrogens with zero attached hydrogens (tertiary/aromatic N) is 4. The number of hydrogen-bond donors (Lipinski definition) is 1. The number of hydrogen-bond acceptors (Lipinski definition) is 5. The minimum Gasteiger partial charge on any atom is -0.345 e. The van der Waals surface area contributed by atoms with Crippen molar-refractivity contribution in [2.45, 2.75) is 32.1 Å². The van der Waals surface area contributed by atoms with Gasteiger partial charge in [-0.25, -0.2) is 9.78 Å². The number of halogens is 6. The Morgan fingerprint density at radius 2 is 1.59 bits per heavy atom. The van der Waals surface area contributed by atoms with Crippen LogP contribution in [0.3, 0.4) is 0 Å². The fraction of sp³-hybridized carbons (Fsp3) is 0.375. The van der Waals surface area contributed by atoms with E-state index < -0.39 is 35.2 Å². The monoisotopic (exact) mass is 543 g/mol. The first-order valence-electron chi connectivity index (χ1n) is 11.4. The van der Waals surface area contributed by atoms with Crippen molar-refractivity contribution in [2.24, 2.45) is 0 Å². The van der Waals surface area contributed by atoms with Crippen molar-refractivity contribution >= 4 is 28.4 Å². The Bertz CT molecular complexity index is 1210. The number of aromatic nitrogens is 2. The van der Waals surface area contributed by atoms with Crippen LogP contribution in [0.1, 0.15) is 34.5 Å². The molecule has 1 aliphatic heterocycles. The zero-order valence-electron chi connectivity index (χ0n) is 19.7. The van der Waals surface area contributed by atoms with Gasteiger partial charge >= 0.3 is 18.4 Å². The molecule has 2 amide bonds. The SMILES string of the molecule is Cc1ccc(Cc2nsc(N3CCCN(C(=O)Nc4cc(C(F)(F)F)cc(C(F)(F)F)c4)CC3)n2)cc1. The maximum atomic E-state index is 13.1. The first-order chi connectivity index (χ1) is 17.4. The van der Waals surface area contributed by atoms with Gasteiger partial charge in [-0.3, -0.25) is 0 Å². The molecule has 0 bridgehead atoms. The molecule has 6 nitrogen and oxygen atoms in total. The molecule has 0 atom stereocenters. The number of carbonyl (C=O) groups is 1. The summed E-state index contributed by atoms with van der Waals surface area (Å²) in [6.45, 7) is 3.46. The molecule has 1 aromatic heterocycles. The van der Waals surface area contributed by atoms with Crippen LogP contribution in [0.2, 0.25) is 0 Å². The first kappa shape index (κ1) is 26.7. The van der Waals surface area contributed by atoms with Crippen LogP contribution in [0.5, 0.6) is 0 Å². The van der Waals surface area contributed by atoms with Gasteiger partial charge in [-0.05, 0) is 37.1 Å². The van der Waals surface area contributed by atoms with Crippen LogP contribution in [0.4, 0.5) is 42.0 Å². The number of rotatable bonds is 4. The Kier molecular flexibility index (Phi) is 7.62. The lowest BCUT2D eigenvalue weighted by atomic mass is 10.1. The summed E-state index contributed by atoms with van der Waals surface area (Å²) in [5.74, 6) is 0.674. The van der Waals surface area contributed by atoms with E-state index in [0.29, 0.717) is 49.0 Å². The summed E-state index contributed by atoms with van der Waals surface area (Å²) in [6.07, 6.45) is -8.87. The maximum Gasteiger partial charge on any atom is 0.416 e. The molecule has 1 aliphatic rings. The number of alkyl halides is 6. The minimum atomic E-state index is -5.00. The molecule has 0 radical (unpaired) electrons. The lowest BCUT2D eigenvalue weighted by Gasteiger charge is -2.22. The van der Waals surface area contributed by atoms with E-state index in [4.69, 9.17) is 0 Å². The van der Waals surface area contributed by atoms with Crippen molar-refractivity contribution < 1.29 is 31.1 Å². The number of urea groups is 1. The van der Waals surface area contributed by atoms with E-state index in [1.807, 2.05) is 36.1 Å². The molecule has 3 aromatic rings. The largest absolute Gasteiger partial charge is 0.416 e. The molecule has 0 unspecified atom stereocenters. The highest BCUT2D eigenvalue weighted by Crippen LogP contribution is 2.37. The van der Waals surface area contributed by atoms with Crippen molar-refractivity contribution in [2.75, 3.05) is 36.4 Å². The number of anilines is 2. The van der Waals surface area contributed by atoms with Crippen LogP contribution in [-0.4, -0.2) is 46.5 Å². The number of carbonyl (C=O) groups excluding carboxylic acids is 1. The smallest absolute Gasteiger partial charge is 0.345 e. The molecular formula is C24H23F6N5OS. The number of aryl methyl sites for hydroxylation is 1. The molecule has 1 fully saturated rings. The average molecular weight is 544 g/mol. The van der Waals surface area contributed by atoms with Gasteiger partial charge in [-0.1, -0.05) is 29.8 Å². The molecule has 37 heavy (non-hydrogen) atoms.